The van der Waals surface area contributed by atoms with Crippen LogP contribution in [0.1, 0.15) is 34.1 Å². The maximum atomic E-state index is 8.74. The fourth-order valence-corrected chi connectivity index (χ4v) is 1.96. The molecule has 2 aliphatic rings. The zero-order valence-corrected chi connectivity index (χ0v) is 12.5. The first kappa shape index (κ1) is 16.9. The van der Waals surface area contributed by atoms with Gasteiger partial charge in [-0.3, -0.25) is 0 Å². The van der Waals surface area contributed by atoms with Gasteiger partial charge in [0.1, 0.15) is 6.10 Å². The van der Waals surface area contributed by atoms with Gasteiger partial charge in [-0.1, -0.05) is 0 Å². The van der Waals surface area contributed by atoms with Crippen LogP contribution >= 0.6 is 0 Å². The molecule has 2 aliphatic heterocycles. The smallest absolute Gasteiger partial charge is 0.104 e. The molecule has 0 spiro atoms. The van der Waals surface area contributed by atoms with Crippen LogP contribution in [0.15, 0.2) is 0 Å². The van der Waals surface area contributed by atoms with Crippen LogP contribution in [0.2, 0.25) is 0 Å². The third-order valence-electron chi connectivity index (χ3n) is 2.78. The maximum absolute atomic E-state index is 8.74. The van der Waals surface area contributed by atoms with Gasteiger partial charge in [0.05, 0.1) is 50.8 Å². The van der Waals surface area contributed by atoms with E-state index in [4.69, 9.17) is 24.1 Å². The third-order valence-corrected chi connectivity index (χ3v) is 2.78. The molecule has 0 amide bonds. The largest absolute Gasteiger partial charge is 0.394 e. The number of hydrogen-bond donors (Lipinski definition) is 1. The van der Waals surface area contributed by atoms with E-state index in [2.05, 4.69) is 0 Å². The van der Waals surface area contributed by atoms with Crippen LogP contribution in [0.5, 0.6) is 0 Å². The average molecular weight is 276 g/mol. The molecule has 0 radical (unpaired) electrons. The molecule has 0 aromatic rings. The van der Waals surface area contributed by atoms with Crippen molar-refractivity contribution >= 4 is 0 Å². The number of rotatable bonds is 5. The third kappa shape index (κ3) is 7.22. The lowest BCUT2D eigenvalue weighted by molar-refractivity contribution is -0.146. The van der Waals surface area contributed by atoms with Crippen molar-refractivity contribution in [1.82, 2.24) is 0 Å². The Morgan fingerprint density at radius 1 is 1.00 bits per heavy atom. The summed E-state index contributed by atoms with van der Waals surface area (Å²) in [5.41, 5.74) is 0. The van der Waals surface area contributed by atoms with E-state index in [1.165, 1.54) is 0 Å². The van der Waals surface area contributed by atoms with Crippen molar-refractivity contribution in [2.45, 2.75) is 64.6 Å². The highest BCUT2D eigenvalue weighted by atomic mass is 16.6. The fraction of sp³-hybridized carbons (Fsp3) is 1.00. The maximum Gasteiger partial charge on any atom is 0.104 e. The van der Waals surface area contributed by atoms with Gasteiger partial charge in [-0.25, -0.2) is 0 Å². The van der Waals surface area contributed by atoms with Crippen molar-refractivity contribution in [2.75, 3.05) is 26.4 Å². The Kier molecular flexibility index (Phi) is 7.87. The minimum Gasteiger partial charge on any atom is -0.394 e. The summed E-state index contributed by atoms with van der Waals surface area (Å²) in [6.07, 6.45) is 2.00. The van der Waals surface area contributed by atoms with Crippen molar-refractivity contribution in [1.29, 1.82) is 0 Å². The normalized spacial score (nSPS) is 27.3. The summed E-state index contributed by atoms with van der Waals surface area (Å²) < 4.78 is 21.0. The van der Waals surface area contributed by atoms with Crippen molar-refractivity contribution in [3.8, 4) is 0 Å². The van der Waals surface area contributed by atoms with E-state index in [1.54, 1.807) is 0 Å². The summed E-state index contributed by atoms with van der Waals surface area (Å²) in [6.45, 7) is 10.4. The van der Waals surface area contributed by atoms with E-state index in [-0.39, 0.29) is 24.9 Å². The molecule has 19 heavy (non-hydrogen) atoms. The highest BCUT2D eigenvalue weighted by Gasteiger charge is 2.25. The first-order valence-electron chi connectivity index (χ1n) is 7.12. The molecular formula is C14H28O5. The van der Waals surface area contributed by atoms with E-state index < -0.39 is 0 Å². The van der Waals surface area contributed by atoms with Gasteiger partial charge in [-0.05, 0) is 27.7 Å². The summed E-state index contributed by atoms with van der Waals surface area (Å²) in [4.78, 5) is 0. The molecule has 2 heterocycles. The number of hydrogen-bond acceptors (Lipinski definition) is 5. The van der Waals surface area contributed by atoms with Crippen molar-refractivity contribution in [2.24, 2.45) is 0 Å². The van der Waals surface area contributed by atoms with Gasteiger partial charge in [0.2, 0.25) is 0 Å². The first-order chi connectivity index (χ1) is 9.01. The van der Waals surface area contributed by atoms with Crippen molar-refractivity contribution in [3.05, 3.63) is 0 Å². The van der Waals surface area contributed by atoms with Crippen LogP contribution in [0, 0.1) is 0 Å². The van der Waals surface area contributed by atoms with Crippen LogP contribution in [0.4, 0.5) is 0 Å². The molecule has 114 valence electrons. The molecule has 2 atom stereocenters. The van der Waals surface area contributed by atoms with Crippen LogP contribution in [0.3, 0.4) is 0 Å². The second-order valence-corrected chi connectivity index (χ2v) is 5.52. The van der Waals surface area contributed by atoms with E-state index in [1.807, 2.05) is 27.7 Å². The zero-order chi connectivity index (χ0) is 14.3. The van der Waals surface area contributed by atoms with Crippen LogP contribution < -0.4 is 0 Å². The summed E-state index contributed by atoms with van der Waals surface area (Å²) in [5, 5.41) is 8.74. The minimum absolute atomic E-state index is 0.00116. The lowest BCUT2D eigenvalue weighted by Crippen LogP contribution is -2.37. The van der Waals surface area contributed by atoms with E-state index in [0.717, 1.165) is 19.6 Å². The Morgan fingerprint density at radius 3 is 1.89 bits per heavy atom. The SMILES string of the molecule is CC(C)OC1COC(CO)C1.CC(C)OC1COC1. The molecule has 5 nitrogen and oxygen atoms in total. The Hall–Kier alpha value is -0.200. The Morgan fingerprint density at radius 2 is 1.58 bits per heavy atom. The molecule has 0 bridgehead atoms. The Balaban J connectivity index is 0.000000200. The van der Waals surface area contributed by atoms with Gasteiger partial charge in [-0.2, -0.15) is 0 Å². The van der Waals surface area contributed by atoms with Crippen LogP contribution in [0.25, 0.3) is 0 Å². The summed E-state index contributed by atoms with van der Waals surface area (Å²) >= 11 is 0. The molecule has 2 rings (SSSR count). The van der Waals surface area contributed by atoms with Gasteiger partial charge in [0.15, 0.2) is 0 Å². The second-order valence-electron chi connectivity index (χ2n) is 5.52. The quantitative estimate of drug-likeness (QED) is 0.822. The predicted molar refractivity (Wildman–Crippen MR) is 72.3 cm³/mol. The van der Waals surface area contributed by atoms with E-state index in [9.17, 15) is 0 Å². The van der Waals surface area contributed by atoms with E-state index in [0.29, 0.717) is 18.8 Å². The topological polar surface area (TPSA) is 57.2 Å². The number of aliphatic hydroxyl groups excluding tert-OH is 1. The van der Waals surface area contributed by atoms with Crippen LogP contribution in [-0.4, -0.2) is 62.1 Å². The van der Waals surface area contributed by atoms with Gasteiger partial charge in [-0.15, -0.1) is 0 Å². The molecule has 0 aromatic heterocycles. The molecule has 0 aliphatic carbocycles. The highest BCUT2D eigenvalue weighted by Crippen LogP contribution is 2.16. The van der Waals surface area contributed by atoms with Gasteiger partial charge < -0.3 is 24.1 Å². The molecular weight excluding hydrogens is 248 g/mol. The zero-order valence-electron chi connectivity index (χ0n) is 12.5. The summed E-state index contributed by atoms with van der Waals surface area (Å²) in [7, 11) is 0. The number of ether oxygens (including phenoxy) is 4. The Bertz CT molecular complexity index is 228. The van der Waals surface area contributed by atoms with Gasteiger partial charge in [0.25, 0.3) is 0 Å². The average Bonchev–Trinajstić information content (AvgIpc) is 2.71. The Labute approximate surface area is 116 Å². The van der Waals surface area contributed by atoms with Crippen LogP contribution in [-0.2, 0) is 18.9 Å². The molecule has 0 aromatic carbocycles. The molecule has 5 heteroatoms. The molecule has 2 unspecified atom stereocenters. The summed E-state index contributed by atoms with van der Waals surface area (Å²) in [5.74, 6) is 0. The predicted octanol–water partition coefficient (Wildman–Crippen LogP) is 1.37. The molecule has 1 N–H and O–H groups in total. The summed E-state index contributed by atoms with van der Waals surface area (Å²) in [6, 6.07) is 0. The van der Waals surface area contributed by atoms with Gasteiger partial charge >= 0.3 is 0 Å². The minimum atomic E-state index is -0.00116. The lowest BCUT2D eigenvalue weighted by atomic mass is 10.2. The van der Waals surface area contributed by atoms with Gasteiger partial charge in [0, 0.05) is 6.42 Å². The van der Waals surface area contributed by atoms with Crippen molar-refractivity contribution < 1.29 is 24.1 Å². The standard InChI is InChI=1S/C8H16O3.C6H12O2/c1-6(2)11-8-3-7(4-9)10-5-8;1-5(2)8-6-3-7-4-6/h6-9H,3-5H2,1-2H3;5-6H,3-4H2,1-2H3. The monoisotopic (exact) mass is 276 g/mol. The lowest BCUT2D eigenvalue weighted by Gasteiger charge is -2.27. The highest BCUT2D eigenvalue weighted by molar-refractivity contribution is 4.73. The second kappa shape index (κ2) is 8.87. The molecule has 2 saturated heterocycles. The fourth-order valence-electron chi connectivity index (χ4n) is 1.96. The van der Waals surface area contributed by atoms with E-state index >= 15 is 0 Å². The first-order valence-corrected chi connectivity index (χ1v) is 7.12. The number of aliphatic hydroxyl groups is 1. The molecule has 0 saturated carbocycles. The molecule has 2 fully saturated rings. The van der Waals surface area contributed by atoms with Crippen molar-refractivity contribution in [3.63, 3.8) is 0 Å².